The van der Waals surface area contributed by atoms with E-state index < -0.39 is 0 Å². The van der Waals surface area contributed by atoms with Crippen LogP contribution in [0.25, 0.3) is 0 Å². The number of nitrogens with zero attached hydrogens (tertiary/aromatic N) is 3. The van der Waals surface area contributed by atoms with Crippen molar-refractivity contribution in [2.24, 2.45) is 5.92 Å². The smallest absolute Gasteiger partial charge is 0.222 e. The molecule has 1 heterocycles. The summed E-state index contributed by atoms with van der Waals surface area (Å²) >= 11 is 0. The minimum atomic E-state index is -0.259. The Morgan fingerprint density at radius 2 is 2.19 bits per heavy atom. The Morgan fingerprint density at radius 3 is 2.76 bits per heavy atom. The monoisotopic (exact) mass is 295 g/mol. The molecule has 6 heteroatoms. The average molecular weight is 295 g/mol. The molecule has 0 spiro atoms. The first-order valence-corrected chi connectivity index (χ1v) is 7.71. The molecule has 1 aromatic rings. The predicted molar refractivity (Wildman–Crippen MR) is 77.7 cm³/mol. The van der Waals surface area contributed by atoms with Gasteiger partial charge in [0.1, 0.15) is 0 Å². The van der Waals surface area contributed by atoms with Gasteiger partial charge in [0.2, 0.25) is 17.7 Å². The molecule has 0 aromatic carbocycles. The zero-order valence-corrected chi connectivity index (χ0v) is 13.1. The highest BCUT2D eigenvalue weighted by molar-refractivity contribution is 5.76. The summed E-state index contributed by atoms with van der Waals surface area (Å²) < 4.78 is 5.49. The van der Waals surface area contributed by atoms with Crippen LogP contribution in [0.15, 0.2) is 4.42 Å². The molecule has 118 valence electrons. The van der Waals surface area contributed by atoms with Crippen molar-refractivity contribution in [2.75, 3.05) is 13.6 Å². The van der Waals surface area contributed by atoms with E-state index >= 15 is 0 Å². The lowest BCUT2D eigenvalue weighted by Crippen LogP contribution is -2.34. The zero-order chi connectivity index (χ0) is 15.4. The molecule has 0 aliphatic heterocycles. The maximum atomic E-state index is 12.1. The molecule has 1 amide bonds. The van der Waals surface area contributed by atoms with E-state index in [1.165, 1.54) is 0 Å². The fourth-order valence-corrected chi connectivity index (χ4v) is 2.69. The summed E-state index contributed by atoms with van der Waals surface area (Å²) in [7, 11) is 1.79. The summed E-state index contributed by atoms with van der Waals surface area (Å²) in [6.45, 7) is 4.60. The van der Waals surface area contributed by atoms with Crippen LogP contribution in [-0.4, -0.2) is 45.8 Å². The normalized spacial score (nSPS) is 22.0. The summed E-state index contributed by atoms with van der Waals surface area (Å²) in [5.74, 6) is 1.60. The van der Waals surface area contributed by atoms with Crippen molar-refractivity contribution >= 4 is 5.91 Å². The van der Waals surface area contributed by atoms with Gasteiger partial charge in [-0.2, -0.15) is 0 Å². The summed E-state index contributed by atoms with van der Waals surface area (Å²) in [5, 5.41) is 17.7. The number of aryl methyl sites for hydroxylation is 1. The van der Waals surface area contributed by atoms with E-state index in [-0.39, 0.29) is 23.8 Å². The number of carbonyl (C=O) groups is 1. The van der Waals surface area contributed by atoms with Crippen LogP contribution in [0.1, 0.15) is 57.2 Å². The number of hydrogen-bond acceptors (Lipinski definition) is 5. The van der Waals surface area contributed by atoms with Gasteiger partial charge in [0.05, 0.1) is 6.10 Å². The fraction of sp³-hybridized carbons (Fsp3) is 0.800. The van der Waals surface area contributed by atoms with Gasteiger partial charge in [-0.05, 0) is 12.8 Å². The largest absolute Gasteiger partial charge is 0.425 e. The first-order valence-electron chi connectivity index (χ1n) is 7.71. The van der Waals surface area contributed by atoms with Crippen molar-refractivity contribution in [1.29, 1.82) is 0 Å². The number of carbonyl (C=O) groups excluding carboxylic acids is 1. The standard InChI is InChI=1S/C15H25N3O3/c1-10(2)15-17-16-13(21-15)7-8-14(20)18(3)9-11-5-4-6-12(11)19/h10-12,19H,4-9H2,1-3H3. The maximum absolute atomic E-state index is 12.1. The molecule has 2 rings (SSSR count). The van der Waals surface area contributed by atoms with Crippen molar-refractivity contribution in [2.45, 2.75) is 58.0 Å². The van der Waals surface area contributed by atoms with E-state index in [0.717, 1.165) is 19.3 Å². The highest BCUT2D eigenvalue weighted by Crippen LogP contribution is 2.26. The van der Waals surface area contributed by atoms with Gasteiger partial charge in [0.15, 0.2) is 0 Å². The Bertz CT molecular complexity index is 472. The lowest BCUT2D eigenvalue weighted by molar-refractivity contribution is -0.130. The molecular weight excluding hydrogens is 270 g/mol. The van der Waals surface area contributed by atoms with Crippen LogP contribution in [-0.2, 0) is 11.2 Å². The number of aromatic nitrogens is 2. The van der Waals surface area contributed by atoms with Gasteiger partial charge in [-0.3, -0.25) is 4.79 Å². The van der Waals surface area contributed by atoms with Gasteiger partial charge in [-0.1, -0.05) is 20.3 Å². The van der Waals surface area contributed by atoms with Crippen LogP contribution < -0.4 is 0 Å². The predicted octanol–water partition coefficient (Wildman–Crippen LogP) is 1.74. The van der Waals surface area contributed by atoms with E-state index in [1.807, 2.05) is 13.8 Å². The summed E-state index contributed by atoms with van der Waals surface area (Å²) in [4.78, 5) is 13.8. The lowest BCUT2D eigenvalue weighted by Gasteiger charge is -2.23. The number of aliphatic hydroxyl groups is 1. The second-order valence-electron chi connectivity index (χ2n) is 6.22. The van der Waals surface area contributed by atoms with E-state index in [2.05, 4.69) is 10.2 Å². The average Bonchev–Trinajstić information content (AvgIpc) is 3.06. The van der Waals surface area contributed by atoms with Crippen LogP contribution in [0.3, 0.4) is 0 Å². The van der Waals surface area contributed by atoms with E-state index in [1.54, 1.807) is 11.9 Å². The molecule has 0 radical (unpaired) electrons. The van der Waals surface area contributed by atoms with Crippen molar-refractivity contribution in [3.05, 3.63) is 11.8 Å². The Hall–Kier alpha value is -1.43. The van der Waals surface area contributed by atoms with Gasteiger partial charge in [0, 0.05) is 38.3 Å². The molecular formula is C15H25N3O3. The van der Waals surface area contributed by atoms with Crippen molar-refractivity contribution in [1.82, 2.24) is 15.1 Å². The van der Waals surface area contributed by atoms with Crippen LogP contribution in [0.4, 0.5) is 0 Å². The molecule has 21 heavy (non-hydrogen) atoms. The topological polar surface area (TPSA) is 79.5 Å². The summed E-state index contributed by atoms with van der Waals surface area (Å²) in [5.41, 5.74) is 0. The first-order chi connectivity index (χ1) is 9.97. The fourth-order valence-electron chi connectivity index (χ4n) is 2.69. The molecule has 2 atom stereocenters. The minimum Gasteiger partial charge on any atom is -0.425 e. The Labute approximate surface area is 125 Å². The number of amides is 1. The van der Waals surface area contributed by atoms with Gasteiger partial charge in [-0.25, -0.2) is 0 Å². The third kappa shape index (κ3) is 4.27. The molecule has 0 bridgehead atoms. The van der Waals surface area contributed by atoms with Crippen LogP contribution >= 0.6 is 0 Å². The molecule has 0 saturated heterocycles. The second-order valence-corrected chi connectivity index (χ2v) is 6.22. The van der Waals surface area contributed by atoms with Crippen LogP contribution in [0.2, 0.25) is 0 Å². The number of hydrogen-bond donors (Lipinski definition) is 1. The Balaban J connectivity index is 1.77. The molecule has 1 aromatic heterocycles. The molecule has 1 aliphatic carbocycles. The first kappa shape index (κ1) is 15.9. The Kier molecular flexibility index (Phi) is 5.33. The van der Waals surface area contributed by atoms with Crippen molar-refractivity contribution < 1.29 is 14.3 Å². The highest BCUT2D eigenvalue weighted by atomic mass is 16.4. The quantitative estimate of drug-likeness (QED) is 0.865. The molecule has 6 nitrogen and oxygen atoms in total. The third-order valence-corrected chi connectivity index (χ3v) is 4.08. The van der Waals surface area contributed by atoms with Crippen molar-refractivity contribution in [3.63, 3.8) is 0 Å². The van der Waals surface area contributed by atoms with Crippen molar-refractivity contribution in [3.8, 4) is 0 Å². The van der Waals surface area contributed by atoms with Gasteiger partial charge < -0.3 is 14.4 Å². The van der Waals surface area contributed by atoms with Crippen LogP contribution in [0.5, 0.6) is 0 Å². The second kappa shape index (κ2) is 7.02. The summed E-state index contributed by atoms with van der Waals surface area (Å²) in [6.07, 6.45) is 3.47. The molecule has 1 N–H and O–H groups in total. The lowest BCUT2D eigenvalue weighted by atomic mass is 10.1. The van der Waals surface area contributed by atoms with Gasteiger partial charge in [0.25, 0.3) is 0 Å². The van der Waals surface area contributed by atoms with E-state index in [4.69, 9.17) is 4.42 Å². The number of rotatable bonds is 6. The number of aliphatic hydroxyl groups excluding tert-OH is 1. The minimum absolute atomic E-state index is 0.0541. The third-order valence-electron chi connectivity index (χ3n) is 4.08. The maximum Gasteiger partial charge on any atom is 0.222 e. The summed E-state index contributed by atoms with van der Waals surface area (Å²) in [6, 6.07) is 0. The van der Waals surface area contributed by atoms with E-state index in [0.29, 0.717) is 31.2 Å². The van der Waals surface area contributed by atoms with E-state index in [9.17, 15) is 9.90 Å². The molecule has 1 fully saturated rings. The zero-order valence-electron chi connectivity index (χ0n) is 13.1. The molecule has 2 unspecified atom stereocenters. The van der Waals surface area contributed by atoms with Gasteiger partial charge >= 0.3 is 0 Å². The van der Waals surface area contributed by atoms with Crippen LogP contribution in [0, 0.1) is 5.92 Å². The van der Waals surface area contributed by atoms with Gasteiger partial charge in [-0.15, -0.1) is 10.2 Å². The molecule has 1 saturated carbocycles. The molecule has 1 aliphatic rings. The SMILES string of the molecule is CC(C)c1nnc(CCC(=O)N(C)CC2CCCC2O)o1. The highest BCUT2D eigenvalue weighted by Gasteiger charge is 2.27. The Morgan fingerprint density at radius 1 is 1.43 bits per heavy atom.